The van der Waals surface area contributed by atoms with Gasteiger partial charge in [-0.05, 0) is 33.0 Å². The van der Waals surface area contributed by atoms with Crippen molar-refractivity contribution < 1.29 is 14.7 Å². The highest BCUT2D eigenvalue weighted by atomic mass is 16.5. The summed E-state index contributed by atoms with van der Waals surface area (Å²) in [5.41, 5.74) is 5.51. The molecule has 1 aromatic rings. The van der Waals surface area contributed by atoms with Gasteiger partial charge in [0.25, 0.3) is 0 Å². The molecule has 0 aliphatic carbocycles. The molecule has 118 valence electrons. The molecule has 6 nitrogen and oxygen atoms in total. The van der Waals surface area contributed by atoms with E-state index < -0.39 is 0 Å². The highest BCUT2D eigenvalue weighted by Crippen LogP contribution is 2.26. The van der Waals surface area contributed by atoms with E-state index in [2.05, 4.69) is 10.1 Å². The van der Waals surface area contributed by atoms with Gasteiger partial charge in [-0.2, -0.15) is 0 Å². The van der Waals surface area contributed by atoms with Gasteiger partial charge in [0.2, 0.25) is 0 Å². The van der Waals surface area contributed by atoms with E-state index in [1.165, 1.54) is 0 Å². The highest BCUT2D eigenvalue weighted by molar-refractivity contribution is 5.80. The molecule has 0 saturated carbocycles. The maximum atomic E-state index is 8.58. The molecule has 0 aliphatic rings. The van der Waals surface area contributed by atoms with E-state index >= 15 is 0 Å². The van der Waals surface area contributed by atoms with Gasteiger partial charge in [0.1, 0.15) is 12.4 Å². The molecule has 0 fully saturated rings. The van der Waals surface area contributed by atoms with Crippen LogP contribution < -0.4 is 15.2 Å². The quantitative estimate of drug-likeness (QED) is 0.315. The van der Waals surface area contributed by atoms with E-state index in [-0.39, 0.29) is 11.9 Å². The molecule has 1 unspecified atom stereocenters. The number of nitrogens with zero attached hydrogens (tertiary/aromatic N) is 2. The van der Waals surface area contributed by atoms with Crippen molar-refractivity contribution in [3.05, 3.63) is 24.3 Å². The van der Waals surface area contributed by atoms with Gasteiger partial charge >= 0.3 is 0 Å². The fourth-order valence-electron chi connectivity index (χ4n) is 1.86. The largest absolute Gasteiger partial charge is 0.490 e. The first-order valence-corrected chi connectivity index (χ1v) is 7.09. The summed E-state index contributed by atoms with van der Waals surface area (Å²) in [5.74, 6) is 1.74. The molecule has 0 spiro atoms. The van der Waals surface area contributed by atoms with Gasteiger partial charge in [-0.3, -0.25) is 4.90 Å². The van der Waals surface area contributed by atoms with Gasteiger partial charge in [-0.1, -0.05) is 17.3 Å². The number of benzene rings is 1. The molecule has 1 rings (SSSR count). The van der Waals surface area contributed by atoms with Gasteiger partial charge in [-0.25, -0.2) is 0 Å². The maximum Gasteiger partial charge on any atom is 0.161 e. The van der Waals surface area contributed by atoms with Crippen LogP contribution >= 0.6 is 0 Å². The molecule has 21 heavy (non-hydrogen) atoms. The number of nitrogens with two attached hydrogens (primary N) is 1. The Balaban J connectivity index is 2.42. The number of hydrogen-bond acceptors (Lipinski definition) is 5. The van der Waals surface area contributed by atoms with E-state index in [0.29, 0.717) is 19.6 Å². The number of likely N-dealkylation sites (N-methyl/N-ethyl adjacent to an activating group) is 1. The minimum Gasteiger partial charge on any atom is -0.490 e. The molecule has 0 aromatic heterocycles. The van der Waals surface area contributed by atoms with E-state index in [4.69, 9.17) is 20.4 Å². The third kappa shape index (κ3) is 5.91. The normalized spacial score (nSPS) is 13.2. The minimum absolute atomic E-state index is 0.173. The topological polar surface area (TPSA) is 80.3 Å². The van der Waals surface area contributed by atoms with Crippen LogP contribution in [0.15, 0.2) is 29.4 Å². The Morgan fingerprint density at radius 2 is 1.95 bits per heavy atom. The van der Waals surface area contributed by atoms with Crippen LogP contribution in [0.2, 0.25) is 0 Å². The summed E-state index contributed by atoms with van der Waals surface area (Å²) < 4.78 is 11.3. The minimum atomic E-state index is 0.173. The molecule has 0 amide bonds. The van der Waals surface area contributed by atoms with Gasteiger partial charge in [0.15, 0.2) is 11.5 Å². The first kappa shape index (κ1) is 17.1. The zero-order chi connectivity index (χ0) is 15.7. The maximum absolute atomic E-state index is 8.58. The molecule has 0 aliphatic heterocycles. The fourth-order valence-corrected chi connectivity index (χ4v) is 1.86. The number of amidine groups is 1. The zero-order valence-electron chi connectivity index (χ0n) is 13.0. The molecule has 0 radical (unpaired) electrons. The smallest absolute Gasteiger partial charge is 0.161 e. The summed E-state index contributed by atoms with van der Waals surface area (Å²) in [5, 5.41) is 11.6. The molecule has 0 bridgehead atoms. The first-order valence-electron chi connectivity index (χ1n) is 7.09. The fraction of sp³-hybridized carbons (Fsp3) is 0.533. The second-order valence-corrected chi connectivity index (χ2v) is 4.85. The second kappa shape index (κ2) is 9.07. The number of rotatable bonds is 9. The molecular weight excluding hydrogens is 270 g/mol. The third-order valence-electron chi connectivity index (χ3n) is 3.24. The predicted molar refractivity (Wildman–Crippen MR) is 83.2 cm³/mol. The van der Waals surface area contributed by atoms with Crippen LogP contribution in [-0.2, 0) is 0 Å². The molecule has 1 aromatic carbocycles. The summed E-state index contributed by atoms with van der Waals surface area (Å²) in [6, 6.07) is 7.80. The molecule has 0 heterocycles. The Morgan fingerprint density at radius 1 is 1.33 bits per heavy atom. The lowest BCUT2D eigenvalue weighted by atomic mass is 10.2. The number of hydrogen-bond donors (Lipinski definition) is 2. The van der Waals surface area contributed by atoms with E-state index in [1.807, 2.05) is 45.2 Å². The van der Waals surface area contributed by atoms with Crippen molar-refractivity contribution in [2.45, 2.75) is 26.3 Å². The summed E-state index contributed by atoms with van der Waals surface area (Å²) >= 11 is 0. The summed E-state index contributed by atoms with van der Waals surface area (Å²) in [7, 11) is 1.98. The van der Waals surface area contributed by atoms with Crippen LogP contribution in [0.5, 0.6) is 11.5 Å². The van der Waals surface area contributed by atoms with Crippen molar-refractivity contribution in [1.82, 2.24) is 4.90 Å². The number of ether oxygens (including phenoxy) is 2. The van der Waals surface area contributed by atoms with Crippen molar-refractivity contribution in [1.29, 1.82) is 0 Å². The standard InChI is InChI=1S/C15H25N3O3/c1-4-20-13-7-5-6-8-14(13)21-10-9-18(3)12(2)11-15(16)17-19/h5-8,12,19H,4,9-11H2,1-3H3,(H2,16,17). The SMILES string of the molecule is CCOc1ccccc1OCCN(C)C(C)CC(N)=NO. The van der Waals surface area contributed by atoms with Crippen molar-refractivity contribution in [3.8, 4) is 11.5 Å². The van der Waals surface area contributed by atoms with Crippen LogP contribution in [0.25, 0.3) is 0 Å². The third-order valence-corrected chi connectivity index (χ3v) is 3.24. The lowest BCUT2D eigenvalue weighted by Crippen LogP contribution is -2.35. The van der Waals surface area contributed by atoms with Gasteiger partial charge in [-0.15, -0.1) is 0 Å². The molecule has 1 atom stereocenters. The monoisotopic (exact) mass is 295 g/mol. The summed E-state index contributed by atoms with van der Waals surface area (Å²) in [4.78, 5) is 2.10. The lowest BCUT2D eigenvalue weighted by molar-refractivity contribution is 0.196. The Labute approximate surface area is 126 Å². The molecular formula is C15H25N3O3. The van der Waals surface area contributed by atoms with Gasteiger partial charge in [0.05, 0.1) is 6.61 Å². The van der Waals surface area contributed by atoms with Crippen LogP contribution in [0, 0.1) is 0 Å². The van der Waals surface area contributed by atoms with Gasteiger partial charge < -0.3 is 20.4 Å². The lowest BCUT2D eigenvalue weighted by Gasteiger charge is -2.24. The molecule has 0 saturated heterocycles. The Morgan fingerprint density at radius 3 is 2.52 bits per heavy atom. The zero-order valence-corrected chi connectivity index (χ0v) is 13.0. The van der Waals surface area contributed by atoms with Crippen molar-refractivity contribution in [3.63, 3.8) is 0 Å². The van der Waals surface area contributed by atoms with Gasteiger partial charge in [0, 0.05) is 19.0 Å². The number of para-hydroxylation sites is 2. The van der Waals surface area contributed by atoms with Crippen molar-refractivity contribution >= 4 is 5.84 Å². The van der Waals surface area contributed by atoms with E-state index in [0.717, 1.165) is 18.0 Å². The molecule has 6 heteroatoms. The Hall–Kier alpha value is -1.95. The summed E-state index contributed by atoms with van der Waals surface area (Å²) in [6.45, 7) is 5.85. The van der Waals surface area contributed by atoms with Crippen LogP contribution in [-0.4, -0.2) is 48.8 Å². The Bertz CT molecular complexity index is 452. The van der Waals surface area contributed by atoms with Crippen molar-refractivity contribution in [2.24, 2.45) is 10.9 Å². The van der Waals surface area contributed by atoms with E-state index in [1.54, 1.807) is 0 Å². The molecule has 3 N–H and O–H groups in total. The predicted octanol–water partition coefficient (Wildman–Crippen LogP) is 1.92. The van der Waals surface area contributed by atoms with Crippen molar-refractivity contribution in [2.75, 3.05) is 26.8 Å². The average molecular weight is 295 g/mol. The highest BCUT2D eigenvalue weighted by Gasteiger charge is 2.11. The first-order chi connectivity index (χ1) is 10.1. The summed E-state index contributed by atoms with van der Waals surface area (Å²) in [6.07, 6.45) is 0.516. The average Bonchev–Trinajstić information content (AvgIpc) is 2.48. The second-order valence-electron chi connectivity index (χ2n) is 4.85. The van der Waals surface area contributed by atoms with E-state index in [9.17, 15) is 0 Å². The van der Waals surface area contributed by atoms with Crippen LogP contribution in [0.4, 0.5) is 0 Å². The Kier molecular flexibility index (Phi) is 7.39. The number of oxime groups is 1. The van der Waals surface area contributed by atoms with Crippen LogP contribution in [0.1, 0.15) is 20.3 Å². The van der Waals surface area contributed by atoms with Crippen LogP contribution in [0.3, 0.4) is 0 Å².